The number of aromatic nitrogens is 2. The van der Waals surface area contributed by atoms with Crippen LogP contribution in [-0.2, 0) is 11.0 Å². The molecule has 1 aromatic carbocycles. The smallest absolute Gasteiger partial charge is 0.416 e. The molecule has 1 aliphatic heterocycles. The van der Waals surface area contributed by atoms with Crippen molar-refractivity contribution in [2.24, 2.45) is 0 Å². The van der Waals surface area contributed by atoms with Crippen molar-refractivity contribution in [3.63, 3.8) is 0 Å². The molecule has 0 bridgehead atoms. The Hall–Kier alpha value is -2.73. The van der Waals surface area contributed by atoms with E-state index >= 15 is 0 Å². The third-order valence-electron chi connectivity index (χ3n) is 6.17. The van der Waals surface area contributed by atoms with Crippen molar-refractivity contribution in [3.8, 4) is 6.01 Å². The summed E-state index contributed by atoms with van der Waals surface area (Å²) in [7, 11) is 0. The lowest BCUT2D eigenvalue weighted by Crippen LogP contribution is -2.63. The average Bonchev–Trinajstić information content (AvgIpc) is 2.81. The maximum absolute atomic E-state index is 12.8. The van der Waals surface area contributed by atoms with Crippen LogP contribution in [0.1, 0.15) is 41.6 Å². The van der Waals surface area contributed by atoms with Crippen LogP contribution < -0.4 is 15.4 Å². The van der Waals surface area contributed by atoms with Crippen molar-refractivity contribution in [1.82, 2.24) is 25.5 Å². The standard InChI is InChI=1S/C23H25BrF3N5O3/c24-16-9-29-22(30-10-16)35-19-6-4-18(5-7-19)32-12-17(13-32)31-20(33)11-28-21(34)14-2-1-3-15(8-14)23(25,26)27/h1-3,8-10,17-19H,4-7,11-13H2,(H,28,34)(H,31,33)/t18-,19+. The second kappa shape index (κ2) is 10.9. The van der Waals surface area contributed by atoms with Crippen LogP contribution in [0.3, 0.4) is 0 Å². The summed E-state index contributed by atoms with van der Waals surface area (Å²) in [4.78, 5) is 34.9. The monoisotopic (exact) mass is 555 g/mol. The Bertz CT molecular complexity index is 1040. The highest BCUT2D eigenvalue weighted by Gasteiger charge is 2.36. The summed E-state index contributed by atoms with van der Waals surface area (Å²) < 4.78 is 45.1. The Morgan fingerprint density at radius 1 is 1.11 bits per heavy atom. The Balaban J connectivity index is 1.13. The number of carbonyl (C=O) groups excluding carboxylic acids is 2. The average molecular weight is 556 g/mol. The zero-order chi connectivity index (χ0) is 25.0. The fraction of sp³-hybridized carbons (Fsp3) is 0.478. The van der Waals surface area contributed by atoms with Crippen molar-refractivity contribution < 1.29 is 27.5 Å². The topological polar surface area (TPSA) is 96.5 Å². The van der Waals surface area contributed by atoms with Gasteiger partial charge >= 0.3 is 12.2 Å². The van der Waals surface area contributed by atoms with Gasteiger partial charge in [0.1, 0.15) is 6.10 Å². The molecule has 8 nitrogen and oxygen atoms in total. The Labute approximate surface area is 208 Å². The molecule has 2 N–H and O–H groups in total. The van der Waals surface area contributed by atoms with Gasteiger partial charge in [0.15, 0.2) is 0 Å². The molecule has 0 atom stereocenters. The zero-order valence-electron chi connectivity index (χ0n) is 18.7. The Morgan fingerprint density at radius 3 is 2.46 bits per heavy atom. The number of nitrogens with zero attached hydrogens (tertiary/aromatic N) is 3. The second-order valence-electron chi connectivity index (χ2n) is 8.71. The van der Waals surface area contributed by atoms with Crippen LogP contribution in [0.15, 0.2) is 41.1 Å². The molecule has 0 radical (unpaired) electrons. The van der Waals surface area contributed by atoms with E-state index in [9.17, 15) is 22.8 Å². The lowest BCUT2D eigenvalue weighted by molar-refractivity contribution is -0.137. The molecule has 0 spiro atoms. The summed E-state index contributed by atoms with van der Waals surface area (Å²) in [5, 5.41) is 5.23. The van der Waals surface area contributed by atoms with Gasteiger partial charge in [0.2, 0.25) is 5.91 Å². The number of hydrogen-bond acceptors (Lipinski definition) is 6. The Kier molecular flexibility index (Phi) is 7.90. The first-order valence-electron chi connectivity index (χ1n) is 11.3. The predicted molar refractivity (Wildman–Crippen MR) is 124 cm³/mol. The van der Waals surface area contributed by atoms with Crippen LogP contribution in [0.5, 0.6) is 6.01 Å². The van der Waals surface area contributed by atoms with Crippen molar-refractivity contribution >= 4 is 27.7 Å². The molecule has 1 aliphatic carbocycles. The zero-order valence-corrected chi connectivity index (χ0v) is 20.3. The normalized spacial score (nSPS) is 21.1. The molecule has 1 saturated heterocycles. The van der Waals surface area contributed by atoms with Gasteiger partial charge in [0.25, 0.3) is 5.91 Å². The number of halogens is 4. The lowest BCUT2D eigenvalue weighted by Gasteiger charge is -2.46. The molecule has 188 valence electrons. The Morgan fingerprint density at radius 2 is 1.80 bits per heavy atom. The van der Waals surface area contributed by atoms with Gasteiger partial charge < -0.3 is 15.4 Å². The highest BCUT2D eigenvalue weighted by Crippen LogP contribution is 2.30. The molecule has 2 aliphatic rings. The van der Waals surface area contributed by atoms with E-state index in [1.807, 2.05) is 0 Å². The summed E-state index contributed by atoms with van der Waals surface area (Å²) >= 11 is 3.30. The number of ether oxygens (including phenoxy) is 1. The summed E-state index contributed by atoms with van der Waals surface area (Å²) in [6.07, 6.45) is 2.62. The van der Waals surface area contributed by atoms with E-state index in [-0.39, 0.29) is 30.2 Å². The molecule has 1 saturated carbocycles. The summed E-state index contributed by atoms with van der Waals surface area (Å²) in [5.74, 6) is -1.10. The highest BCUT2D eigenvalue weighted by molar-refractivity contribution is 9.10. The summed E-state index contributed by atoms with van der Waals surface area (Å²) in [5.41, 5.74) is -1.06. The minimum atomic E-state index is -4.54. The number of hydrogen-bond donors (Lipinski definition) is 2. The van der Waals surface area contributed by atoms with Crippen molar-refractivity contribution in [3.05, 3.63) is 52.3 Å². The van der Waals surface area contributed by atoms with E-state index in [1.54, 1.807) is 12.4 Å². The predicted octanol–water partition coefficient (Wildman–Crippen LogP) is 3.18. The lowest BCUT2D eigenvalue weighted by atomic mass is 9.89. The van der Waals surface area contributed by atoms with Crippen LogP contribution in [-0.4, -0.2) is 64.5 Å². The van der Waals surface area contributed by atoms with E-state index in [1.165, 1.54) is 6.07 Å². The molecule has 2 heterocycles. The highest BCUT2D eigenvalue weighted by atomic mass is 79.9. The minimum Gasteiger partial charge on any atom is -0.460 e. The molecular formula is C23H25BrF3N5O3. The molecule has 0 unspecified atom stereocenters. The third-order valence-corrected chi connectivity index (χ3v) is 6.57. The van der Waals surface area contributed by atoms with E-state index < -0.39 is 17.6 Å². The van der Waals surface area contributed by atoms with Gasteiger partial charge in [-0.1, -0.05) is 6.07 Å². The number of nitrogens with one attached hydrogen (secondary N) is 2. The minimum absolute atomic E-state index is 0.0156. The van der Waals surface area contributed by atoms with Crippen molar-refractivity contribution in [1.29, 1.82) is 0 Å². The van der Waals surface area contributed by atoms with E-state index in [0.717, 1.165) is 61.4 Å². The van der Waals surface area contributed by atoms with E-state index in [4.69, 9.17) is 4.74 Å². The first-order valence-corrected chi connectivity index (χ1v) is 12.1. The second-order valence-corrected chi connectivity index (χ2v) is 9.63. The largest absolute Gasteiger partial charge is 0.460 e. The number of carbonyl (C=O) groups is 2. The SMILES string of the molecule is O=C(CNC(=O)c1cccc(C(F)(F)F)c1)NC1CN([C@H]2CC[C@@H](Oc3ncc(Br)cn3)CC2)C1. The van der Waals surface area contributed by atoms with Crippen molar-refractivity contribution in [2.75, 3.05) is 19.6 Å². The fourth-order valence-electron chi connectivity index (χ4n) is 4.32. The van der Waals surface area contributed by atoms with E-state index in [0.29, 0.717) is 12.1 Å². The summed E-state index contributed by atoms with van der Waals surface area (Å²) in [6.45, 7) is 1.14. The molecule has 2 fully saturated rings. The van der Waals surface area contributed by atoms with Gasteiger partial charge in [-0.25, -0.2) is 9.97 Å². The maximum Gasteiger partial charge on any atom is 0.416 e. The molecule has 2 aromatic rings. The number of rotatable bonds is 7. The summed E-state index contributed by atoms with van der Waals surface area (Å²) in [6, 6.07) is 4.88. The van der Waals surface area contributed by atoms with Gasteiger partial charge in [-0.2, -0.15) is 13.2 Å². The van der Waals surface area contributed by atoms with Gasteiger partial charge in [0, 0.05) is 37.1 Å². The third kappa shape index (κ3) is 6.91. The van der Waals surface area contributed by atoms with Crippen molar-refractivity contribution in [2.45, 2.75) is 50.0 Å². The van der Waals surface area contributed by atoms with Crippen LogP contribution >= 0.6 is 15.9 Å². The number of benzene rings is 1. The first-order chi connectivity index (χ1) is 16.7. The molecule has 2 amide bonds. The molecule has 35 heavy (non-hydrogen) atoms. The molecule has 1 aromatic heterocycles. The molecule has 12 heteroatoms. The quantitative estimate of drug-likeness (QED) is 0.544. The maximum atomic E-state index is 12.8. The van der Waals surface area contributed by atoms with Gasteiger partial charge in [0.05, 0.1) is 22.6 Å². The number of likely N-dealkylation sites (tertiary alicyclic amines) is 1. The molecular weight excluding hydrogens is 531 g/mol. The number of amides is 2. The van der Waals surface area contributed by atoms with Crippen LogP contribution in [0.2, 0.25) is 0 Å². The van der Waals surface area contributed by atoms with E-state index in [2.05, 4.69) is 41.4 Å². The molecule has 4 rings (SSSR count). The first kappa shape index (κ1) is 25.4. The van der Waals surface area contributed by atoms with Crippen LogP contribution in [0.4, 0.5) is 13.2 Å². The van der Waals surface area contributed by atoms with Gasteiger partial charge in [-0.3, -0.25) is 14.5 Å². The fourth-order valence-corrected chi connectivity index (χ4v) is 4.52. The van der Waals surface area contributed by atoms with Gasteiger partial charge in [-0.15, -0.1) is 0 Å². The van der Waals surface area contributed by atoms with Crippen LogP contribution in [0.25, 0.3) is 0 Å². The van der Waals surface area contributed by atoms with Crippen LogP contribution in [0, 0.1) is 0 Å². The van der Waals surface area contributed by atoms with Gasteiger partial charge in [-0.05, 0) is 59.8 Å². The number of alkyl halides is 3.